The molecule has 94 valence electrons. The van der Waals surface area contributed by atoms with E-state index in [4.69, 9.17) is 0 Å². The van der Waals surface area contributed by atoms with Crippen molar-refractivity contribution in [1.29, 1.82) is 0 Å². The number of hydrogen-bond acceptors (Lipinski definition) is 1. The summed E-state index contributed by atoms with van der Waals surface area (Å²) >= 11 is 0. The molecule has 16 heavy (non-hydrogen) atoms. The standard InChI is InChI=1S/C9H14N.C5H5.Ru/c1-4-10-9-6-5-7(2)8(9)3;1-2-4-5-3-1;/h5-6,10H,4H2,1-3H3;1-5H;/q-1;-5;. The van der Waals surface area contributed by atoms with E-state index in [9.17, 15) is 0 Å². The molecule has 0 saturated heterocycles. The zero-order valence-electron chi connectivity index (χ0n) is 10.1. The van der Waals surface area contributed by atoms with Crippen molar-refractivity contribution in [1.82, 2.24) is 0 Å². The Morgan fingerprint density at radius 2 is 1.62 bits per heavy atom. The third kappa shape index (κ3) is 4.76. The fraction of sp³-hybridized carbons (Fsp3) is 0.286. The molecule has 0 aromatic heterocycles. The minimum Gasteiger partial charge on any atom is -0.748 e. The molecule has 0 saturated carbocycles. The first-order chi connectivity index (χ1) is 7.25. The summed E-state index contributed by atoms with van der Waals surface area (Å²) in [5.74, 6) is 0. The first-order valence-electron chi connectivity index (χ1n) is 5.39. The minimum absolute atomic E-state index is 0. The summed E-state index contributed by atoms with van der Waals surface area (Å²) in [5.41, 5.74) is 4.03. The molecule has 2 aromatic carbocycles. The third-order valence-electron chi connectivity index (χ3n) is 2.42. The van der Waals surface area contributed by atoms with E-state index in [1.165, 1.54) is 16.8 Å². The van der Waals surface area contributed by atoms with E-state index in [1.807, 2.05) is 30.3 Å². The fourth-order valence-electron chi connectivity index (χ4n) is 1.37. The van der Waals surface area contributed by atoms with E-state index in [0.717, 1.165) is 6.54 Å². The maximum atomic E-state index is 3.30. The number of hydrogen-bond donors (Lipinski definition) is 1. The van der Waals surface area contributed by atoms with E-state index < -0.39 is 0 Å². The van der Waals surface area contributed by atoms with Crippen LogP contribution in [-0.4, -0.2) is 6.54 Å². The Kier molecular flexibility index (Phi) is 7.84. The van der Waals surface area contributed by atoms with Gasteiger partial charge in [-0.2, -0.15) is 11.6 Å². The molecular weight excluding hydrogens is 283 g/mol. The largest absolute Gasteiger partial charge is 0.748 e. The molecule has 0 unspecified atom stereocenters. The summed E-state index contributed by atoms with van der Waals surface area (Å²) < 4.78 is 0. The molecule has 1 N–H and O–H groups in total. The molecular formula is C14H19NRu-6. The normalized spacial score (nSPS) is 8.69. The average molecular weight is 302 g/mol. The van der Waals surface area contributed by atoms with Gasteiger partial charge >= 0.3 is 0 Å². The zero-order valence-corrected chi connectivity index (χ0v) is 11.8. The molecule has 2 rings (SSSR count). The Balaban J connectivity index is 0.000000318. The van der Waals surface area contributed by atoms with Gasteiger partial charge in [0.2, 0.25) is 0 Å². The molecule has 2 heteroatoms. The second kappa shape index (κ2) is 8.30. The van der Waals surface area contributed by atoms with Gasteiger partial charge < -0.3 is 35.6 Å². The summed E-state index contributed by atoms with van der Waals surface area (Å²) in [6.07, 6.45) is 0. The van der Waals surface area contributed by atoms with Crippen LogP contribution in [0, 0.1) is 13.8 Å². The fourth-order valence-corrected chi connectivity index (χ4v) is 1.37. The van der Waals surface area contributed by atoms with Gasteiger partial charge in [0.05, 0.1) is 0 Å². The molecule has 0 aliphatic heterocycles. The van der Waals surface area contributed by atoms with Crippen LogP contribution in [0.3, 0.4) is 0 Å². The van der Waals surface area contributed by atoms with Gasteiger partial charge in [0.15, 0.2) is 0 Å². The number of aryl methyl sites for hydroxylation is 1. The molecule has 1 nitrogen and oxygen atoms in total. The van der Waals surface area contributed by atoms with E-state index in [0.29, 0.717) is 0 Å². The van der Waals surface area contributed by atoms with Crippen molar-refractivity contribution < 1.29 is 19.5 Å². The topological polar surface area (TPSA) is 12.0 Å². The van der Waals surface area contributed by atoms with Crippen molar-refractivity contribution in [3.8, 4) is 0 Å². The van der Waals surface area contributed by atoms with Gasteiger partial charge in [-0.15, -0.1) is 5.56 Å². The first kappa shape index (κ1) is 15.1. The molecule has 0 heterocycles. The molecule has 0 atom stereocenters. The van der Waals surface area contributed by atoms with Crippen LogP contribution < -0.4 is 5.32 Å². The predicted molar refractivity (Wildman–Crippen MR) is 67.7 cm³/mol. The second-order valence-electron chi connectivity index (χ2n) is 3.55. The Labute approximate surface area is 111 Å². The smallest absolute Gasteiger partial charge is 0.000449 e. The van der Waals surface area contributed by atoms with Crippen LogP contribution in [0.15, 0.2) is 42.5 Å². The first-order valence-corrected chi connectivity index (χ1v) is 5.39. The molecule has 0 aliphatic carbocycles. The van der Waals surface area contributed by atoms with Crippen LogP contribution >= 0.6 is 0 Å². The quantitative estimate of drug-likeness (QED) is 0.656. The summed E-state index contributed by atoms with van der Waals surface area (Å²) in [5, 5.41) is 3.30. The van der Waals surface area contributed by atoms with Crippen LogP contribution in [0.2, 0.25) is 0 Å². The van der Waals surface area contributed by atoms with E-state index >= 15 is 0 Å². The van der Waals surface area contributed by atoms with Gasteiger partial charge in [-0.25, -0.2) is 6.07 Å². The average Bonchev–Trinajstić information content (AvgIpc) is 2.87. The number of nitrogens with one attached hydrogen (secondary N) is 1. The SMILES string of the molecule is CCN[c-]1ccc(C)c1C.[Ru].[cH-]1[cH-][cH-][cH-][cH-]1. The van der Waals surface area contributed by atoms with Gasteiger partial charge in [0, 0.05) is 26.0 Å². The molecule has 0 amide bonds. The Morgan fingerprint density at radius 1 is 1.12 bits per heavy atom. The maximum absolute atomic E-state index is 3.30. The zero-order chi connectivity index (χ0) is 11.1. The molecule has 0 aliphatic rings. The minimum atomic E-state index is 0. The van der Waals surface area contributed by atoms with Crippen LogP contribution in [-0.2, 0) is 19.5 Å². The van der Waals surface area contributed by atoms with Gasteiger partial charge in [0.1, 0.15) is 0 Å². The number of rotatable bonds is 2. The monoisotopic (exact) mass is 303 g/mol. The summed E-state index contributed by atoms with van der Waals surface area (Å²) in [6, 6.07) is 14.3. The summed E-state index contributed by atoms with van der Waals surface area (Å²) in [7, 11) is 0. The summed E-state index contributed by atoms with van der Waals surface area (Å²) in [6.45, 7) is 7.40. The van der Waals surface area contributed by atoms with Crippen LogP contribution in [0.1, 0.15) is 18.1 Å². The Hall–Kier alpha value is -0.877. The predicted octanol–water partition coefficient (Wildman–Crippen LogP) is 3.86. The molecule has 0 bridgehead atoms. The van der Waals surface area contributed by atoms with Gasteiger partial charge in [0.25, 0.3) is 0 Å². The van der Waals surface area contributed by atoms with Crippen molar-refractivity contribution in [2.24, 2.45) is 0 Å². The Bertz CT molecular complexity index is 343. The third-order valence-corrected chi connectivity index (χ3v) is 2.42. The van der Waals surface area contributed by atoms with Crippen LogP contribution in [0.5, 0.6) is 0 Å². The van der Waals surface area contributed by atoms with Crippen molar-refractivity contribution >= 4 is 5.69 Å². The maximum Gasteiger partial charge on any atom is 0.000449 e. The van der Waals surface area contributed by atoms with E-state index in [2.05, 4.69) is 38.2 Å². The van der Waals surface area contributed by atoms with Gasteiger partial charge in [-0.05, 0) is 6.92 Å². The summed E-state index contributed by atoms with van der Waals surface area (Å²) in [4.78, 5) is 0. The number of anilines is 1. The van der Waals surface area contributed by atoms with E-state index in [-0.39, 0.29) is 19.5 Å². The Morgan fingerprint density at radius 3 is 1.94 bits per heavy atom. The van der Waals surface area contributed by atoms with Gasteiger partial charge in [-0.3, -0.25) is 0 Å². The van der Waals surface area contributed by atoms with Crippen molar-refractivity contribution in [3.05, 3.63) is 53.6 Å². The molecule has 0 fully saturated rings. The van der Waals surface area contributed by atoms with Crippen LogP contribution in [0.4, 0.5) is 5.69 Å². The second-order valence-corrected chi connectivity index (χ2v) is 3.55. The van der Waals surface area contributed by atoms with Crippen molar-refractivity contribution in [2.75, 3.05) is 11.9 Å². The van der Waals surface area contributed by atoms with E-state index in [1.54, 1.807) is 0 Å². The molecule has 0 spiro atoms. The van der Waals surface area contributed by atoms with Gasteiger partial charge in [-0.1, -0.05) is 19.5 Å². The molecule has 0 radical (unpaired) electrons. The van der Waals surface area contributed by atoms with Crippen molar-refractivity contribution in [3.63, 3.8) is 0 Å². The van der Waals surface area contributed by atoms with Crippen molar-refractivity contribution in [2.45, 2.75) is 20.8 Å². The molecule has 2 aromatic rings. The van der Waals surface area contributed by atoms with Crippen LogP contribution in [0.25, 0.3) is 0 Å².